The summed E-state index contributed by atoms with van der Waals surface area (Å²) >= 11 is 12.9. The summed E-state index contributed by atoms with van der Waals surface area (Å²) in [6.07, 6.45) is 6.17. The molecule has 0 aliphatic rings. The predicted molar refractivity (Wildman–Crippen MR) is 119 cm³/mol. The quantitative estimate of drug-likeness (QED) is 0.257. The van der Waals surface area contributed by atoms with Crippen molar-refractivity contribution >= 4 is 28.8 Å². The van der Waals surface area contributed by atoms with Crippen LogP contribution < -0.4 is 5.73 Å². The Morgan fingerprint density at radius 1 is 1.15 bits per heavy atom. The molecular formula is C23H33Cl2N. The maximum absolute atomic E-state index is 6.53. The predicted octanol–water partition coefficient (Wildman–Crippen LogP) is 7.94. The summed E-state index contributed by atoms with van der Waals surface area (Å²) in [6.45, 7) is 14.7. The average Bonchev–Trinajstić information content (AvgIpc) is 2.60. The zero-order valence-corrected chi connectivity index (χ0v) is 18.4. The standard InChI is InChI=1S/C23H33Cl2N/c1-7-9-10-11-15(3)14-22(25)23(26)17(5)16(4)20-12-13-21(24)19(8-2)18(20)6/h12-13H,3,7-11,14,26H2,1-2,4-6H3/b17-16+,23-22-. The first-order valence-electron chi connectivity index (χ1n) is 9.51. The number of rotatable bonds is 9. The summed E-state index contributed by atoms with van der Waals surface area (Å²) < 4.78 is 0. The van der Waals surface area contributed by atoms with Gasteiger partial charge in [-0.2, -0.15) is 0 Å². The first kappa shape index (κ1) is 22.9. The zero-order chi connectivity index (χ0) is 19.9. The minimum Gasteiger partial charge on any atom is -0.398 e. The fourth-order valence-electron chi connectivity index (χ4n) is 3.20. The van der Waals surface area contributed by atoms with Crippen molar-refractivity contribution in [3.8, 4) is 0 Å². The van der Waals surface area contributed by atoms with Crippen LogP contribution in [0.5, 0.6) is 0 Å². The topological polar surface area (TPSA) is 26.0 Å². The Morgan fingerprint density at radius 2 is 1.81 bits per heavy atom. The van der Waals surface area contributed by atoms with Crippen LogP contribution in [0.3, 0.4) is 0 Å². The van der Waals surface area contributed by atoms with E-state index in [0.29, 0.717) is 17.2 Å². The van der Waals surface area contributed by atoms with Gasteiger partial charge in [0, 0.05) is 22.2 Å². The summed E-state index contributed by atoms with van der Waals surface area (Å²) in [4.78, 5) is 0. The molecule has 0 saturated carbocycles. The molecule has 2 N–H and O–H groups in total. The van der Waals surface area contributed by atoms with Gasteiger partial charge in [-0.05, 0) is 73.9 Å². The molecule has 0 aliphatic carbocycles. The Balaban J connectivity index is 3.11. The molecule has 0 atom stereocenters. The van der Waals surface area contributed by atoms with E-state index < -0.39 is 0 Å². The summed E-state index contributed by atoms with van der Waals surface area (Å²) in [6, 6.07) is 4.04. The van der Waals surface area contributed by atoms with Gasteiger partial charge in [0.15, 0.2) is 0 Å². The third-order valence-electron chi connectivity index (χ3n) is 5.10. The number of hydrogen-bond acceptors (Lipinski definition) is 1. The molecular weight excluding hydrogens is 361 g/mol. The normalized spacial score (nSPS) is 13.3. The molecule has 1 nitrogen and oxygen atoms in total. The van der Waals surface area contributed by atoms with E-state index in [4.69, 9.17) is 28.9 Å². The van der Waals surface area contributed by atoms with Gasteiger partial charge in [0.05, 0.1) is 0 Å². The van der Waals surface area contributed by atoms with E-state index in [1.165, 1.54) is 29.5 Å². The van der Waals surface area contributed by atoms with Crippen LogP contribution in [0.25, 0.3) is 5.57 Å². The van der Waals surface area contributed by atoms with Crippen LogP contribution >= 0.6 is 23.2 Å². The fourth-order valence-corrected chi connectivity index (χ4v) is 3.87. The monoisotopic (exact) mass is 393 g/mol. The van der Waals surface area contributed by atoms with Gasteiger partial charge in [0.25, 0.3) is 0 Å². The number of unbranched alkanes of at least 4 members (excludes halogenated alkanes) is 2. The minimum absolute atomic E-state index is 0.654. The SMILES string of the molecule is C=C(CCCCC)C/C(Cl)=C(N)\C(C)=C(/C)c1ccc(Cl)c(CC)c1C. The van der Waals surface area contributed by atoms with E-state index >= 15 is 0 Å². The van der Waals surface area contributed by atoms with Crippen LogP contribution in [-0.2, 0) is 6.42 Å². The summed E-state index contributed by atoms with van der Waals surface area (Å²) in [5, 5.41) is 1.51. The molecule has 1 aromatic carbocycles. The molecule has 0 spiro atoms. The maximum atomic E-state index is 6.53. The largest absolute Gasteiger partial charge is 0.398 e. The maximum Gasteiger partial charge on any atom is 0.0497 e. The van der Waals surface area contributed by atoms with Gasteiger partial charge in [-0.15, -0.1) is 0 Å². The van der Waals surface area contributed by atoms with Crippen molar-refractivity contribution in [2.75, 3.05) is 0 Å². The van der Waals surface area contributed by atoms with Gasteiger partial charge < -0.3 is 5.73 Å². The molecule has 0 amide bonds. The lowest BCUT2D eigenvalue weighted by Gasteiger charge is -2.16. The molecule has 144 valence electrons. The Labute approximate surface area is 170 Å². The second-order valence-electron chi connectivity index (χ2n) is 7.00. The Kier molecular flexibility index (Phi) is 9.54. The van der Waals surface area contributed by atoms with E-state index in [0.717, 1.165) is 41.0 Å². The van der Waals surface area contributed by atoms with Crippen molar-refractivity contribution < 1.29 is 0 Å². The van der Waals surface area contributed by atoms with Crippen LogP contribution in [0.2, 0.25) is 5.02 Å². The molecule has 0 aliphatic heterocycles. The van der Waals surface area contributed by atoms with Crippen molar-refractivity contribution in [1.82, 2.24) is 0 Å². The van der Waals surface area contributed by atoms with Crippen molar-refractivity contribution in [1.29, 1.82) is 0 Å². The minimum atomic E-state index is 0.654. The third kappa shape index (κ3) is 5.93. The van der Waals surface area contributed by atoms with Crippen LogP contribution in [0.4, 0.5) is 0 Å². The molecule has 0 unspecified atom stereocenters. The third-order valence-corrected chi connectivity index (χ3v) is 5.79. The molecule has 0 saturated heterocycles. The van der Waals surface area contributed by atoms with Gasteiger partial charge in [-0.25, -0.2) is 0 Å². The molecule has 26 heavy (non-hydrogen) atoms. The van der Waals surface area contributed by atoms with Crippen LogP contribution in [0, 0.1) is 6.92 Å². The van der Waals surface area contributed by atoms with Gasteiger partial charge >= 0.3 is 0 Å². The average molecular weight is 394 g/mol. The molecule has 3 heteroatoms. The Morgan fingerprint density at radius 3 is 2.38 bits per heavy atom. The van der Waals surface area contributed by atoms with E-state index in [9.17, 15) is 0 Å². The lowest BCUT2D eigenvalue weighted by atomic mass is 9.92. The lowest BCUT2D eigenvalue weighted by Crippen LogP contribution is -2.05. The molecule has 0 radical (unpaired) electrons. The second-order valence-corrected chi connectivity index (χ2v) is 7.87. The number of allylic oxidation sites excluding steroid dienone is 4. The van der Waals surface area contributed by atoms with E-state index in [-0.39, 0.29) is 0 Å². The second kappa shape index (κ2) is 10.8. The number of nitrogens with two attached hydrogens (primary N) is 1. The molecule has 1 aromatic rings. The fraction of sp³-hybridized carbons (Fsp3) is 0.478. The van der Waals surface area contributed by atoms with E-state index in [2.05, 4.69) is 40.3 Å². The van der Waals surface area contributed by atoms with E-state index in [1.807, 2.05) is 13.0 Å². The van der Waals surface area contributed by atoms with Gasteiger partial charge in [-0.1, -0.05) is 68.1 Å². The van der Waals surface area contributed by atoms with Gasteiger partial charge in [0.1, 0.15) is 0 Å². The smallest absolute Gasteiger partial charge is 0.0497 e. The summed E-state index contributed by atoms with van der Waals surface area (Å²) in [5.41, 5.74) is 13.9. The van der Waals surface area contributed by atoms with E-state index in [1.54, 1.807) is 0 Å². The summed E-state index contributed by atoms with van der Waals surface area (Å²) in [5.74, 6) is 0. The highest BCUT2D eigenvalue weighted by atomic mass is 35.5. The number of hydrogen-bond donors (Lipinski definition) is 1. The highest BCUT2D eigenvalue weighted by Crippen LogP contribution is 2.32. The van der Waals surface area contributed by atoms with Gasteiger partial charge in [0.2, 0.25) is 0 Å². The van der Waals surface area contributed by atoms with Crippen LogP contribution in [-0.4, -0.2) is 0 Å². The molecule has 0 fully saturated rings. The first-order valence-corrected chi connectivity index (χ1v) is 10.3. The lowest BCUT2D eigenvalue weighted by molar-refractivity contribution is 0.707. The highest BCUT2D eigenvalue weighted by Gasteiger charge is 2.13. The first-order chi connectivity index (χ1) is 12.2. The van der Waals surface area contributed by atoms with Crippen molar-refractivity contribution in [2.45, 2.75) is 73.1 Å². The highest BCUT2D eigenvalue weighted by molar-refractivity contribution is 6.31. The number of benzene rings is 1. The Bertz CT molecular complexity index is 711. The Hall–Kier alpha value is -1.18. The number of halogens is 2. The van der Waals surface area contributed by atoms with Crippen LogP contribution in [0.15, 0.2) is 40.6 Å². The van der Waals surface area contributed by atoms with Crippen molar-refractivity contribution in [2.24, 2.45) is 5.73 Å². The van der Waals surface area contributed by atoms with Gasteiger partial charge in [-0.3, -0.25) is 0 Å². The van der Waals surface area contributed by atoms with Crippen molar-refractivity contribution in [3.05, 3.63) is 62.3 Å². The van der Waals surface area contributed by atoms with Crippen molar-refractivity contribution in [3.63, 3.8) is 0 Å². The zero-order valence-electron chi connectivity index (χ0n) is 16.9. The molecule has 1 rings (SSSR count). The molecule has 0 heterocycles. The summed E-state index contributed by atoms with van der Waals surface area (Å²) in [7, 11) is 0. The van der Waals surface area contributed by atoms with Crippen LogP contribution in [0.1, 0.15) is 76.5 Å². The molecule has 0 aromatic heterocycles. The molecule has 0 bridgehead atoms.